The van der Waals surface area contributed by atoms with Gasteiger partial charge in [0.15, 0.2) is 0 Å². The number of anilines is 2. The number of carbonyl (C=O) groups is 1. The van der Waals surface area contributed by atoms with Crippen LogP contribution in [0.25, 0.3) is 22.4 Å². The summed E-state index contributed by atoms with van der Waals surface area (Å²) in [4.78, 5) is 29.8. The molecule has 0 saturated carbocycles. The fraction of sp³-hybridized carbons (Fsp3) is 0.174. The minimum atomic E-state index is -0.613. The molecule has 0 atom stereocenters. The van der Waals surface area contributed by atoms with Crippen LogP contribution in [0.15, 0.2) is 71.8 Å². The van der Waals surface area contributed by atoms with Crippen LogP contribution in [0.4, 0.5) is 16.2 Å². The van der Waals surface area contributed by atoms with Gasteiger partial charge in [0.1, 0.15) is 5.60 Å². The number of aromatic nitrogens is 3. The molecule has 4 aromatic rings. The Morgan fingerprint density at radius 1 is 1.00 bits per heavy atom. The van der Waals surface area contributed by atoms with Crippen LogP contribution >= 0.6 is 0 Å². The van der Waals surface area contributed by atoms with Crippen molar-refractivity contribution < 1.29 is 9.53 Å². The van der Waals surface area contributed by atoms with Gasteiger partial charge in [-0.2, -0.15) is 0 Å². The highest BCUT2D eigenvalue weighted by Gasteiger charge is 2.18. The summed E-state index contributed by atoms with van der Waals surface area (Å²) in [6.45, 7) is 5.38. The van der Waals surface area contributed by atoms with Crippen molar-refractivity contribution in [3.63, 3.8) is 0 Å². The maximum absolute atomic E-state index is 13.5. The average molecular weight is 417 g/mol. The molecule has 0 aliphatic carbocycles. The minimum Gasteiger partial charge on any atom is -0.444 e. The first-order chi connectivity index (χ1) is 14.7. The Labute approximate surface area is 178 Å². The Balaban J connectivity index is 1.81. The summed E-state index contributed by atoms with van der Waals surface area (Å²) in [6.07, 6.45) is 2.71. The van der Waals surface area contributed by atoms with Gasteiger partial charge >= 0.3 is 11.8 Å². The van der Waals surface area contributed by atoms with E-state index >= 15 is 0 Å². The van der Waals surface area contributed by atoms with Crippen molar-refractivity contribution in [3.8, 4) is 11.4 Å². The lowest BCUT2D eigenvalue weighted by molar-refractivity contribution is 0.0636. The van der Waals surface area contributed by atoms with Crippen molar-refractivity contribution in [1.82, 2.24) is 14.1 Å². The molecule has 8 nitrogen and oxygen atoms in total. The van der Waals surface area contributed by atoms with Crippen molar-refractivity contribution in [2.24, 2.45) is 0 Å². The molecule has 1 amide bonds. The van der Waals surface area contributed by atoms with E-state index in [2.05, 4.69) is 10.3 Å². The van der Waals surface area contributed by atoms with Crippen LogP contribution in [0, 0.1) is 0 Å². The highest BCUT2D eigenvalue weighted by atomic mass is 16.6. The second kappa shape index (κ2) is 7.64. The maximum Gasteiger partial charge on any atom is 0.412 e. The van der Waals surface area contributed by atoms with E-state index in [1.807, 2.05) is 0 Å². The smallest absolute Gasteiger partial charge is 0.412 e. The van der Waals surface area contributed by atoms with Crippen LogP contribution in [0.3, 0.4) is 0 Å². The number of nitrogens with one attached hydrogen (secondary N) is 1. The Morgan fingerprint density at radius 3 is 2.42 bits per heavy atom. The summed E-state index contributed by atoms with van der Waals surface area (Å²) < 4.78 is 8.47. The summed E-state index contributed by atoms with van der Waals surface area (Å²) in [5.74, 6) is 0. The molecule has 0 aliphatic rings. The van der Waals surface area contributed by atoms with Gasteiger partial charge in [-0.15, -0.1) is 0 Å². The molecule has 3 N–H and O–H groups in total. The molecule has 0 bridgehead atoms. The first kappa shape index (κ1) is 20.2. The molecule has 0 spiro atoms. The molecule has 2 aromatic heterocycles. The Hall–Kier alpha value is -4.07. The molecule has 2 heterocycles. The van der Waals surface area contributed by atoms with Crippen molar-refractivity contribution in [1.29, 1.82) is 0 Å². The van der Waals surface area contributed by atoms with E-state index in [0.717, 1.165) is 0 Å². The van der Waals surface area contributed by atoms with Gasteiger partial charge in [0.05, 0.1) is 28.6 Å². The summed E-state index contributed by atoms with van der Waals surface area (Å²) in [5.41, 5.74) is 8.67. The summed E-state index contributed by atoms with van der Waals surface area (Å²) in [6, 6.07) is 15.9. The first-order valence-corrected chi connectivity index (χ1v) is 9.77. The molecular weight excluding hydrogens is 394 g/mol. The van der Waals surface area contributed by atoms with E-state index in [-0.39, 0.29) is 5.69 Å². The number of nitrogens with two attached hydrogens (primary N) is 1. The van der Waals surface area contributed by atoms with Gasteiger partial charge in [0.2, 0.25) is 0 Å². The zero-order valence-corrected chi connectivity index (χ0v) is 17.5. The molecule has 158 valence electrons. The number of nitrogens with zero attached hydrogens (tertiary/aromatic N) is 3. The minimum absolute atomic E-state index is 0.262. The topological polar surface area (TPSA) is 104 Å². The van der Waals surface area contributed by atoms with E-state index in [1.165, 1.54) is 0 Å². The molecule has 4 rings (SSSR count). The van der Waals surface area contributed by atoms with Crippen LogP contribution in [0.2, 0.25) is 0 Å². The third-order valence-corrected chi connectivity index (χ3v) is 4.54. The fourth-order valence-corrected chi connectivity index (χ4v) is 3.31. The van der Waals surface area contributed by atoms with Crippen LogP contribution < -0.4 is 16.7 Å². The Bertz CT molecular complexity index is 1310. The van der Waals surface area contributed by atoms with Gasteiger partial charge in [-0.25, -0.2) is 9.59 Å². The normalized spacial score (nSPS) is 11.5. The monoisotopic (exact) mass is 417 g/mol. The van der Waals surface area contributed by atoms with E-state index in [4.69, 9.17) is 10.5 Å². The number of rotatable bonds is 3. The van der Waals surface area contributed by atoms with Gasteiger partial charge in [-0.1, -0.05) is 6.07 Å². The lowest BCUT2D eigenvalue weighted by Crippen LogP contribution is -2.27. The molecule has 31 heavy (non-hydrogen) atoms. The number of hydrogen-bond donors (Lipinski definition) is 2. The molecule has 0 saturated heterocycles. The zero-order chi connectivity index (χ0) is 22.2. The van der Waals surface area contributed by atoms with Crippen molar-refractivity contribution >= 4 is 28.5 Å². The number of hydrogen-bond acceptors (Lipinski definition) is 5. The number of ether oxygens (including phenoxy) is 1. The number of pyridine rings is 1. The fourth-order valence-electron chi connectivity index (χ4n) is 3.31. The van der Waals surface area contributed by atoms with Crippen LogP contribution in [-0.2, 0) is 4.74 Å². The molecule has 0 radical (unpaired) electrons. The predicted octanol–water partition coefficient (Wildman–Crippen LogP) is 4.11. The van der Waals surface area contributed by atoms with E-state index < -0.39 is 11.7 Å². The lowest BCUT2D eigenvalue weighted by Gasteiger charge is -2.19. The highest BCUT2D eigenvalue weighted by molar-refractivity contribution is 5.86. The highest BCUT2D eigenvalue weighted by Crippen LogP contribution is 2.22. The standard InChI is InChI=1S/C23H23N5O3/c1-23(2,3)31-21(29)26-16-5-4-6-18(13-16)28-19-11-12-25-14-20(19)27(22(28)30)17-9-7-15(24)8-10-17/h4-14H,24H2,1-3H3,(H,26,29). The Morgan fingerprint density at radius 2 is 1.71 bits per heavy atom. The van der Waals surface area contributed by atoms with Gasteiger partial charge < -0.3 is 10.5 Å². The number of benzene rings is 2. The number of imidazole rings is 1. The molecule has 0 unspecified atom stereocenters. The van der Waals surface area contributed by atoms with Gasteiger partial charge in [-0.3, -0.25) is 19.4 Å². The van der Waals surface area contributed by atoms with Crippen molar-refractivity contribution in [2.45, 2.75) is 26.4 Å². The molecule has 0 fully saturated rings. The van der Waals surface area contributed by atoms with E-state index in [1.54, 1.807) is 96.9 Å². The van der Waals surface area contributed by atoms with Gasteiger partial charge in [-0.05, 0) is 69.3 Å². The molecule has 8 heteroatoms. The van der Waals surface area contributed by atoms with Crippen LogP contribution in [-0.4, -0.2) is 25.8 Å². The maximum atomic E-state index is 13.5. The summed E-state index contributed by atoms with van der Waals surface area (Å²) in [5, 5.41) is 2.71. The molecule has 0 aliphatic heterocycles. The Kier molecular flexibility index (Phi) is 4.98. The zero-order valence-electron chi connectivity index (χ0n) is 17.5. The third kappa shape index (κ3) is 4.13. The third-order valence-electron chi connectivity index (χ3n) is 4.54. The quantitative estimate of drug-likeness (QED) is 0.488. The van der Waals surface area contributed by atoms with Crippen LogP contribution in [0.1, 0.15) is 20.8 Å². The summed E-state index contributed by atoms with van der Waals surface area (Å²) in [7, 11) is 0. The van der Waals surface area contributed by atoms with Crippen molar-refractivity contribution in [2.75, 3.05) is 11.1 Å². The number of amides is 1. The largest absolute Gasteiger partial charge is 0.444 e. The number of carbonyl (C=O) groups excluding carboxylic acids is 1. The summed E-state index contributed by atoms with van der Waals surface area (Å²) >= 11 is 0. The SMILES string of the molecule is CC(C)(C)OC(=O)Nc1cccc(-n2c(=O)n(-c3ccc(N)cc3)c3cnccc32)c1. The predicted molar refractivity (Wildman–Crippen MR) is 121 cm³/mol. The lowest BCUT2D eigenvalue weighted by atomic mass is 10.2. The molecular formula is C23H23N5O3. The average Bonchev–Trinajstić information content (AvgIpc) is 2.99. The number of nitrogen functional groups attached to an aromatic ring is 1. The second-order valence-electron chi connectivity index (χ2n) is 8.09. The van der Waals surface area contributed by atoms with Gasteiger partial charge in [0, 0.05) is 17.6 Å². The van der Waals surface area contributed by atoms with Gasteiger partial charge in [0.25, 0.3) is 0 Å². The van der Waals surface area contributed by atoms with E-state index in [0.29, 0.717) is 33.8 Å². The van der Waals surface area contributed by atoms with Crippen molar-refractivity contribution in [3.05, 3.63) is 77.5 Å². The van der Waals surface area contributed by atoms with Crippen LogP contribution in [0.5, 0.6) is 0 Å². The van der Waals surface area contributed by atoms with E-state index in [9.17, 15) is 9.59 Å². The number of fused-ring (bicyclic) bond motifs is 1. The molecule has 2 aromatic carbocycles. The second-order valence-corrected chi connectivity index (χ2v) is 8.09. The first-order valence-electron chi connectivity index (χ1n) is 9.77.